The minimum atomic E-state index is -0.569. The van der Waals surface area contributed by atoms with Gasteiger partial charge in [0.05, 0.1) is 11.2 Å². The van der Waals surface area contributed by atoms with Crippen LogP contribution in [-0.2, 0) is 3.91 Å². The van der Waals surface area contributed by atoms with Crippen LogP contribution < -0.4 is 0 Å². The topological polar surface area (TPSA) is 17.8 Å². The SMILES string of the molecule is Clc1cnn(C(Cl)(Br)C2CC2)c1. The molecule has 0 aliphatic heterocycles. The summed E-state index contributed by atoms with van der Waals surface area (Å²) in [7, 11) is 0. The highest BCUT2D eigenvalue weighted by Crippen LogP contribution is 2.51. The third-order valence-electron chi connectivity index (χ3n) is 1.93. The molecule has 1 heterocycles. The molecule has 1 aromatic heterocycles. The first kappa shape index (κ1) is 8.85. The molecule has 0 radical (unpaired) electrons. The van der Waals surface area contributed by atoms with Crippen molar-refractivity contribution < 1.29 is 0 Å². The molecule has 1 aliphatic rings. The fourth-order valence-electron chi connectivity index (χ4n) is 1.08. The lowest BCUT2D eigenvalue weighted by Gasteiger charge is -2.19. The molecule has 2 rings (SSSR count). The standard InChI is InChI=1S/C7H7BrCl2N2/c8-7(10,5-1-2-5)12-4-6(9)3-11-12/h3-5H,1-2H2. The van der Waals surface area contributed by atoms with Crippen molar-refractivity contribution in [2.75, 3.05) is 0 Å². The van der Waals surface area contributed by atoms with Crippen molar-refractivity contribution in [3.63, 3.8) is 0 Å². The maximum absolute atomic E-state index is 6.23. The van der Waals surface area contributed by atoms with Crippen LogP contribution in [0.4, 0.5) is 0 Å². The monoisotopic (exact) mass is 268 g/mol. The quantitative estimate of drug-likeness (QED) is 0.754. The van der Waals surface area contributed by atoms with Crippen molar-refractivity contribution >= 4 is 39.1 Å². The van der Waals surface area contributed by atoms with E-state index in [4.69, 9.17) is 23.2 Å². The van der Waals surface area contributed by atoms with Gasteiger partial charge in [0.25, 0.3) is 0 Å². The molecule has 0 amide bonds. The molecule has 2 nitrogen and oxygen atoms in total. The number of halogens is 3. The van der Waals surface area contributed by atoms with Gasteiger partial charge in [-0.2, -0.15) is 5.10 Å². The van der Waals surface area contributed by atoms with Crippen LogP contribution in [-0.4, -0.2) is 9.78 Å². The predicted molar refractivity (Wildman–Crippen MR) is 52.7 cm³/mol. The Morgan fingerprint density at radius 1 is 1.67 bits per heavy atom. The Morgan fingerprint density at radius 3 is 2.75 bits per heavy atom. The molecule has 1 fully saturated rings. The Balaban J connectivity index is 2.27. The van der Waals surface area contributed by atoms with Crippen LogP contribution in [0.5, 0.6) is 0 Å². The molecule has 1 atom stereocenters. The van der Waals surface area contributed by atoms with E-state index in [1.165, 1.54) is 0 Å². The second kappa shape index (κ2) is 2.89. The first-order valence-corrected chi connectivity index (χ1v) is 5.24. The van der Waals surface area contributed by atoms with Crippen LogP contribution in [0.2, 0.25) is 5.02 Å². The van der Waals surface area contributed by atoms with Crippen LogP contribution >= 0.6 is 39.1 Å². The van der Waals surface area contributed by atoms with E-state index in [0.29, 0.717) is 10.9 Å². The van der Waals surface area contributed by atoms with Crippen LogP contribution in [0.25, 0.3) is 0 Å². The molecule has 1 aromatic rings. The van der Waals surface area contributed by atoms with Gasteiger partial charge >= 0.3 is 0 Å². The maximum Gasteiger partial charge on any atom is 0.192 e. The van der Waals surface area contributed by atoms with Gasteiger partial charge in [0.1, 0.15) is 0 Å². The molecular weight excluding hydrogens is 263 g/mol. The molecule has 0 bridgehead atoms. The van der Waals surface area contributed by atoms with Gasteiger partial charge in [0.2, 0.25) is 0 Å². The highest BCUT2D eigenvalue weighted by molar-refractivity contribution is 9.10. The number of alkyl halides is 2. The lowest BCUT2D eigenvalue weighted by molar-refractivity contribution is 0.498. The molecule has 12 heavy (non-hydrogen) atoms. The molecule has 0 spiro atoms. The van der Waals surface area contributed by atoms with Crippen LogP contribution in [0, 0.1) is 5.92 Å². The van der Waals surface area contributed by atoms with Gasteiger partial charge in [-0.3, -0.25) is 0 Å². The molecule has 1 unspecified atom stereocenters. The summed E-state index contributed by atoms with van der Waals surface area (Å²) in [6, 6.07) is 0. The highest BCUT2D eigenvalue weighted by Gasteiger charge is 2.44. The van der Waals surface area contributed by atoms with E-state index in [2.05, 4.69) is 21.0 Å². The smallest absolute Gasteiger partial charge is 0.192 e. The maximum atomic E-state index is 6.23. The van der Waals surface area contributed by atoms with E-state index < -0.39 is 3.91 Å². The van der Waals surface area contributed by atoms with Gasteiger partial charge in [-0.15, -0.1) is 0 Å². The fraction of sp³-hybridized carbons (Fsp3) is 0.571. The second-order valence-corrected chi connectivity index (χ2v) is 5.64. The van der Waals surface area contributed by atoms with E-state index in [1.807, 2.05) is 0 Å². The Labute approximate surface area is 89.0 Å². The Morgan fingerprint density at radius 2 is 2.33 bits per heavy atom. The minimum Gasteiger partial charge on any atom is -0.239 e. The summed E-state index contributed by atoms with van der Waals surface area (Å²) in [5.41, 5.74) is 0. The van der Waals surface area contributed by atoms with E-state index in [1.54, 1.807) is 17.1 Å². The Kier molecular flexibility index (Phi) is 2.13. The summed E-state index contributed by atoms with van der Waals surface area (Å²) in [5, 5.41) is 4.67. The molecular formula is C7H7BrCl2N2. The molecule has 5 heteroatoms. The molecule has 0 saturated heterocycles. The minimum absolute atomic E-state index is 0.468. The first-order valence-electron chi connectivity index (χ1n) is 3.69. The van der Waals surface area contributed by atoms with Crippen molar-refractivity contribution in [1.29, 1.82) is 0 Å². The lowest BCUT2D eigenvalue weighted by atomic mass is 10.4. The van der Waals surface area contributed by atoms with Gasteiger partial charge < -0.3 is 0 Å². The molecule has 0 aromatic carbocycles. The number of nitrogens with zero attached hydrogens (tertiary/aromatic N) is 2. The fourth-order valence-corrected chi connectivity index (χ4v) is 2.18. The summed E-state index contributed by atoms with van der Waals surface area (Å²) < 4.78 is 1.09. The summed E-state index contributed by atoms with van der Waals surface area (Å²) in [4.78, 5) is 0. The van der Waals surface area contributed by atoms with Gasteiger partial charge in [0.15, 0.2) is 3.91 Å². The van der Waals surface area contributed by atoms with Crippen molar-refractivity contribution in [2.24, 2.45) is 5.92 Å². The third kappa shape index (κ3) is 1.50. The highest BCUT2D eigenvalue weighted by atomic mass is 79.9. The largest absolute Gasteiger partial charge is 0.239 e. The third-order valence-corrected chi connectivity index (χ3v) is 3.61. The first-order chi connectivity index (χ1) is 5.60. The molecule has 1 aliphatic carbocycles. The van der Waals surface area contributed by atoms with E-state index in [0.717, 1.165) is 12.8 Å². The second-order valence-electron chi connectivity index (χ2n) is 2.97. The summed E-state index contributed by atoms with van der Waals surface area (Å²) in [6.45, 7) is 0. The molecule has 66 valence electrons. The van der Waals surface area contributed by atoms with Crippen molar-refractivity contribution in [1.82, 2.24) is 9.78 Å². The molecule has 0 N–H and O–H groups in total. The van der Waals surface area contributed by atoms with Gasteiger partial charge in [-0.1, -0.05) is 23.2 Å². The zero-order chi connectivity index (χ0) is 8.77. The average Bonchev–Trinajstić information content (AvgIpc) is 2.75. The summed E-state index contributed by atoms with van der Waals surface area (Å²) in [5.74, 6) is 0.468. The number of aromatic nitrogens is 2. The van der Waals surface area contributed by atoms with Gasteiger partial charge in [-0.05, 0) is 28.8 Å². The number of hydrogen-bond donors (Lipinski definition) is 0. The Bertz CT molecular complexity index is 293. The number of rotatable bonds is 2. The van der Waals surface area contributed by atoms with E-state index in [-0.39, 0.29) is 0 Å². The van der Waals surface area contributed by atoms with Crippen LogP contribution in [0.1, 0.15) is 12.8 Å². The van der Waals surface area contributed by atoms with Crippen molar-refractivity contribution in [3.05, 3.63) is 17.4 Å². The summed E-state index contributed by atoms with van der Waals surface area (Å²) in [6.07, 6.45) is 5.60. The summed E-state index contributed by atoms with van der Waals surface area (Å²) >= 11 is 15.4. The van der Waals surface area contributed by atoms with E-state index in [9.17, 15) is 0 Å². The predicted octanol–water partition coefficient (Wildman–Crippen LogP) is 3.19. The van der Waals surface area contributed by atoms with E-state index >= 15 is 0 Å². The zero-order valence-electron chi connectivity index (χ0n) is 6.17. The van der Waals surface area contributed by atoms with Crippen molar-refractivity contribution in [3.8, 4) is 0 Å². The van der Waals surface area contributed by atoms with Crippen LogP contribution in [0.15, 0.2) is 12.4 Å². The van der Waals surface area contributed by atoms with Crippen LogP contribution in [0.3, 0.4) is 0 Å². The zero-order valence-corrected chi connectivity index (χ0v) is 9.27. The lowest BCUT2D eigenvalue weighted by Crippen LogP contribution is -2.22. The number of hydrogen-bond acceptors (Lipinski definition) is 1. The van der Waals surface area contributed by atoms with Gasteiger partial charge in [-0.25, -0.2) is 4.68 Å². The van der Waals surface area contributed by atoms with Gasteiger partial charge in [0, 0.05) is 12.1 Å². The Hall–Kier alpha value is 0.270. The average molecular weight is 270 g/mol. The van der Waals surface area contributed by atoms with Crippen molar-refractivity contribution in [2.45, 2.75) is 16.7 Å². The normalized spacial score (nSPS) is 22.2. The molecule has 1 saturated carbocycles.